The van der Waals surface area contributed by atoms with Crippen molar-refractivity contribution < 1.29 is 12.8 Å². The first-order chi connectivity index (χ1) is 16.5. The van der Waals surface area contributed by atoms with Gasteiger partial charge in [-0.3, -0.25) is 0 Å². The summed E-state index contributed by atoms with van der Waals surface area (Å²) in [5.74, 6) is -0.252. The van der Waals surface area contributed by atoms with Crippen LogP contribution in [0.2, 0.25) is 0 Å². The summed E-state index contributed by atoms with van der Waals surface area (Å²) in [6.45, 7) is 3.05. The van der Waals surface area contributed by atoms with Gasteiger partial charge in [-0.2, -0.15) is 10.2 Å². The van der Waals surface area contributed by atoms with E-state index in [1.165, 1.54) is 30.6 Å². The van der Waals surface area contributed by atoms with Crippen molar-refractivity contribution >= 4 is 38.4 Å². The number of aromatic nitrogens is 3. The van der Waals surface area contributed by atoms with Crippen LogP contribution in [0.1, 0.15) is 5.56 Å². The van der Waals surface area contributed by atoms with Gasteiger partial charge in [0.25, 0.3) is 10.0 Å². The van der Waals surface area contributed by atoms with Crippen molar-refractivity contribution in [3.8, 4) is 6.07 Å². The Morgan fingerprint density at radius 3 is 2.68 bits per heavy atom. The highest BCUT2D eigenvalue weighted by Gasteiger charge is 2.23. The van der Waals surface area contributed by atoms with Gasteiger partial charge in [-0.25, -0.2) is 21.8 Å². The van der Waals surface area contributed by atoms with Gasteiger partial charge in [-0.05, 0) is 36.4 Å². The van der Waals surface area contributed by atoms with Crippen LogP contribution in [0.4, 0.5) is 21.7 Å². The molecule has 1 aliphatic rings. The largest absolute Gasteiger partial charge is 0.367 e. The Labute approximate surface area is 195 Å². The fourth-order valence-electron chi connectivity index (χ4n) is 3.91. The molecule has 1 fully saturated rings. The van der Waals surface area contributed by atoms with Crippen molar-refractivity contribution in [1.82, 2.24) is 19.3 Å². The second-order valence-corrected chi connectivity index (χ2v) is 9.51. The number of fused-ring (bicyclic) bond motifs is 1. The van der Waals surface area contributed by atoms with Crippen molar-refractivity contribution in [2.24, 2.45) is 0 Å². The summed E-state index contributed by atoms with van der Waals surface area (Å²) in [7, 11) is -4.07. The second kappa shape index (κ2) is 8.74. The minimum Gasteiger partial charge on any atom is -0.367 e. The van der Waals surface area contributed by atoms with Crippen LogP contribution >= 0.6 is 0 Å². The van der Waals surface area contributed by atoms with Gasteiger partial charge in [0.15, 0.2) is 5.65 Å². The SMILES string of the molecule is N#Cc1ccccc1S(=O)(=O)n1ccc2cnc(Nc3ccc(N4CCNCC4)c(F)c3)nc21. The number of anilines is 3. The average Bonchev–Trinajstić information content (AvgIpc) is 3.29. The van der Waals surface area contributed by atoms with Crippen LogP contribution in [0.5, 0.6) is 0 Å². The average molecular weight is 478 g/mol. The van der Waals surface area contributed by atoms with Crippen LogP contribution < -0.4 is 15.5 Å². The molecule has 34 heavy (non-hydrogen) atoms. The first-order valence-electron chi connectivity index (χ1n) is 10.6. The molecule has 172 valence electrons. The normalized spacial score (nSPS) is 14.2. The molecule has 9 nitrogen and oxygen atoms in total. The topological polar surface area (TPSA) is 116 Å². The Morgan fingerprint density at radius 1 is 1.12 bits per heavy atom. The number of benzene rings is 2. The fraction of sp³-hybridized carbons (Fsp3) is 0.174. The zero-order valence-electron chi connectivity index (χ0n) is 17.9. The van der Waals surface area contributed by atoms with Crippen LogP contribution in [0, 0.1) is 17.1 Å². The van der Waals surface area contributed by atoms with Gasteiger partial charge in [0.2, 0.25) is 5.95 Å². The molecule has 4 aromatic rings. The van der Waals surface area contributed by atoms with Gasteiger partial charge in [-0.15, -0.1) is 0 Å². The van der Waals surface area contributed by atoms with Crippen LogP contribution in [-0.2, 0) is 10.0 Å². The van der Waals surface area contributed by atoms with Crippen LogP contribution in [0.25, 0.3) is 11.0 Å². The van der Waals surface area contributed by atoms with Gasteiger partial charge in [-0.1, -0.05) is 12.1 Å². The molecule has 2 aromatic heterocycles. The van der Waals surface area contributed by atoms with Crippen molar-refractivity contribution in [2.45, 2.75) is 4.90 Å². The number of nitrogens with zero attached hydrogens (tertiary/aromatic N) is 5. The summed E-state index contributed by atoms with van der Waals surface area (Å²) in [5, 5.41) is 16.0. The van der Waals surface area contributed by atoms with E-state index in [0.717, 1.165) is 30.2 Å². The Balaban J connectivity index is 1.47. The minimum atomic E-state index is -4.07. The molecule has 2 aromatic carbocycles. The van der Waals surface area contributed by atoms with E-state index in [-0.39, 0.29) is 27.9 Å². The Bertz CT molecular complexity index is 1520. The molecule has 0 amide bonds. The molecule has 0 spiro atoms. The maximum atomic E-state index is 14.8. The van der Waals surface area contributed by atoms with Gasteiger partial charge in [0.05, 0.1) is 11.3 Å². The van der Waals surface area contributed by atoms with Gasteiger partial charge in [0.1, 0.15) is 16.8 Å². The van der Waals surface area contributed by atoms with Gasteiger partial charge < -0.3 is 15.5 Å². The maximum Gasteiger partial charge on any atom is 0.270 e. The smallest absolute Gasteiger partial charge is 0.270 e. The molecule has 11 heteroatoms. The summed E-state index contributed by atoms with van der Waals surface area (Å²) in [6, 6.07) is 14.3. The number of nitrogens with one attached hydrogen (secondary N) is 2. The highest BCUT2D eigenvalue weighted by Crippen LogP contribution is 2.26. The molecular formula is C23H20FN7O2S. The van der Waals surface area contributed by atoms with Crippen molar-refractivity contribution in [2.75, 3.05) is 36.4 Å². The molecule has 0 atom stereocenters. The lowest BCUT2D eigenvalue weighted by molar-refractivity contribution is 0.566. The molecule has 3 heterocycles. The second-order valence-electron chi connectivity index (χ2n) is 7.73. The van der Waals surface area contributed by atoms with Crippen LogP contribution in [0.3, 0.4) is 0 Å². The van der Waals surface area contributed by atoms with E-state index in [1.807, 2.05) is 11.0 Å². The molecule has 0 unspecified atom stereocenters. The predicted molar refractivity (Wildman–Crippen MR) is 126 cm³/mol. The van der Waals surface area contributed by atoms with E-state index < -0.39 is 10.0 Å². The Morgan fingerprint density at radius 2 is 1.91 bits per heavy atom. The van der Waals surface area contributed by atoms with E-state index in [1.54, 1.807) is 30.3 Å². The van der Waals surface area contributed by atoms with Crippen LogP contribution in [0.15, 0.2) is 65.8 Å². The van der Waals surface area contributed by atoms with Crippen molar-refractivity contribution in [1.29, 1.82) is 5.26 Å². The quantitative estimate of drug-likeness (QED) is 0.451. The third-order valence-corrected chi connectivity index (χ3v) is 7.32. The molecule has 2 N–H and O–H groups in total. The summed E-state index contributed by atoms with van der Waals surface area (Å²) in [6.07, 6.45) is 2.85. The fourth-order valence-corrected chi connectivity index (χ4v) is 5.36. The molecule has 1 saturated heterocycles. The number of halogens is 1. The summed E-state index contributed by atoms with van der Waals surface area (Å²) < 4.78 is 42.3. The highest BCUT2D eigenvalue weighted by molar-refractivity contribution is 7.90. The number of hydrogen-bond donors (Lipinski definition) is 2. The number of hydrogen-bond acceptors (Lipinski definition) is 8. The van der Waals surface area contributed by atoms with E-state index in [4.69, 9.17) is 0 Å². The Hall–Kier alpha value is -4.01. The van der Waals surface area contributed by atoms with Crippen molar-refractivity contribution in [3.63, 3.8) is 0 Å². The zero-order chi connectivity index (χ0) is 23.7. The zero-order valence-corrected chi connectivity index (χ0v) is 18.8. The molecule has 1 aliphatic heterocycles. The first kappa shape index (κ1) is 21.8. The molecule has 0 radical (unpaired) electrons. The summed E-state index contributed by atoms with van der Waals surface area (Å²) >= 11 is 0. The minimum absolute atomic E-state index is 0.0387. The third-order valence-electron chi connectivity index (χ3n) is 5.60. The number of nitriles is 1. The maximum absolute atomic E-state index is 14.8. The molecule has 0 bridgehead atoms. The lowest BCUT2D eigenvalue weighted by Crippen LogP contribution is -2.43. The lowest BCUT2D eigenvalue weighted by atomic mass is 10.2. The standard InChI is InChI=1S/C23H20FN7O2S/c24-19-13-18(5-6-20(19)30-11-8-26-9-12-30)28-23-27-15-17-7-10-31(22(17)29-23)34(32,33)21-4-2-1-3-16(21)14-25/h1-7,10,13,15,26H,8-9,11-12H2,(H,27,28,29). The van der Waals surface area contributed by atoms with E-state index in [2.05, 4.69) is 20.6 Å². The van der Waals surface area contributed by atoms with E-state index in [0.29, 0.717) is 16.8 Å². The molecule has 0 aliphatic carbocycles. The molecule has 5 rings (SSSR count). The van der Waals surface area contributed by atoms with Gasteiger partial charge >= 0.3 is 0 Å². The summed E-state index contributed by atoms with van der Waals surface area (Å²) in [5.41, 5.74) is 1.14. The Kier molecular flexibility index (Phi) is 5.61. The van der Waals surface area contributed by atoms with Crippen molar-refractivity contribution in [3.05, 3.63) is 72.3 Å². The lowest BCUT2D eigenvalue weighted by Gasteiger charge is -2.29. The van der Waals surface area contributed by atoms with Crippen LogP contribution in [-0.4, -0.2) is 48.5 Å². The monoisotopic (exact) mass is 477 g/mol. The highest BCUT2D eigenvalue weighted by atomic mass is 32.2. The third kappa shape index (κ3) is 3.93. The summed E-state index contributed by atoms with van der Waals surface area (Å²) in [4.78, 5) is 10.4. The van der Waals surface area contributed by atoms with Gasteiger partial charge in [0, 0.05) is 49.6 Å². The predicted octanol–water partition coefficient (Wildman–Crippen LogP) is 2.83. The van der Waals surface area contributed by atoms with E-state index >= 15 is 0 Å². The van der Waals surface area contributed by atoms with E-state index in [9.17, 15) is 18.1 Å². The number of rotatable bonds is 5. The number of piperazine rings is 1. The first-order valence-corrected chi connectivity index (χ1v) is 12.0. The molecular weight excluding hydrogens is 457 g/mol. The molecule has 0 saturated carbocycles.